The Morgan fingerprint density at radius 2 is 1.78 bits per heavy atom. The van der Waals surface area contributed by atoms with Gasteiger partial charge in [0.05, 0.1) is 10.6 Å². The molecule has 120 valence electrons. The third kappa shape index (κ3) is 2.30. The molecule has 0 fully saturated rings. The third-order valence-electron chi connectivity index (χ3n) is 4.90. The number of aryl methyl sites for hydroxylation is 2. The average molecular weight is 328 g/mol. The highest BCUT2D eigenvalue weighted by Gasteiger charge is 2.30. The van der Waals surface area contributed by atoms with Crippen LogP contribution in [0.2, 0.25) is 0 Å². The smallest absolute Gasteiger partial charge is 0.264 e. The summed E-state index contributed by atoms with van der Waals surface area (Å²) < 4.78 is 27.8. The number of anilines is 2. The van der Waals surface area contributed by atoms with Crippen molar-refractivity contribution in [2.24, 2.45) is 0 Å². The third-order valence-corrected chi connectivity index (χ3v) is 6.71. The van der Waals surface area contributed by atoms with Crippen LogP contribution in [0.3, 0.4) is 0 Å². The van der Waals surface area contributed by atoms with E-state index in [4.69, 9.17) is 5.73 Å². The molecule has 0 amide bonds. The fraction of sp³-hybridized carbons (Fsp3) is 0.333. The summed E-state index contributed by atoms with van der Waals surface area (Å²) >= 11 is 0. The van der Waals surface area contributed by atoms with Gasteiger partial charge >= 0.3 is 0 Å². The van der Waals surface area contributed by atoms with E-state index in [-0.39, 0.29) is 0 Å². The van der Waals surface area contributed by atoms with Crippen molar-refractivity contribution in [3.05, 3.63) is 53.1 Å². The first-order chi connectivity index (χ1) is 11.1. The highest BCUT2D eigenvalue weighted by atomic mass is 32.2. The van der Waals surface area contributed by atoms with E-state index in [1.807, 2.05) is 30.3 Å². The molecular formula is C18H20N2O2S. The number of nitrogens with two attached hydrogens (primary N) is 1. The number of fused-ring (bicyclic) bond motifs is 2. The van der Waals surface area contributed by atoms with Crippen LogP contribution in [0, 0.1) is 0 Å². The summed E-state index contributed by atoms with van der Waals surface area (Å²) in [5.41, 5.74) is 10.9. The molecule has 0 radical (unpaired) electrons. The molecule has 0 saturated carbocycles. The first-order valence-corrected chi connectivity index (χ1v) is 9.53. The van der Waals surface area contributed by atoms with E-state index in [9.17, 15) is 8.42 Å². The van der Waals surface area contributed by atoms with Crippen molar-refractivity contribution in [2.75, 3.05) is 16.6 Å². The molecule has 0 spiro atoms. The van der Waals surface area contributed by atoms with Crippen molar-refractivity contribution >= 4 is 21.4 Å². The van der Waals surface area contributed by atoms with E-state index < -0.39 is 10.0 Å². The Morgan fingerprint density at radius 1 is 0.957 bits per heavy atom. The van der Waals surface area contributed by atoms with E-state index in [1.54, 1.807) is 6.07 Å². The second kappa shape index (κ2) is 5.27. The Kier molecular flexibility index (Phi) is 3.34. The van der Waals surface area contributed by atoms with Gasteiger partial charge in [0.25, 0.3) is 10.0 Å². The zero-order chi connectivity index (χ0) is 16.0. The monoisotopic (exact) mass is 328 g/mol. The lowest BCUT2D eigenvalue weighted by atomic mass is 10.0. The summed E-state index contributed by atoms with van der Waals surface area (Å²) in [5, 5.41) is 0. The summed E-state index contributed by atoms with van der Waals surface area (Å²) in [6.45, 7) is 0.510. The molecule has 2 N–H and O–H groups in total. The topological polar surface area (TPSA) is 63.4 Å². The molecule has 5 heteroatoms. The van der Waals surface area contributed by atoms with Gasteiger partial charge in [-0.3, -0.25) is 4.31 Å². The summed E-state index contributed by atoms with van der Waals surface area (Å²) in [4.78, 5) is 0.397. The molecule has 1 aliphatic heterocycles. The molecular weight excluding hydrogens is 308 g/mol. The van der Waals surface area contributed by atoms with Crippen LogP contribution in [0.15, 0.2) is 41.3 Å². The second-order valence-electron chi connectivity index (χ2n) is 6.31. The van der Waals surface area contributed by atoms with Gasteiger partial charge in [0.1, 0.15) is 0 Å². The van der Waals surface area contributed by atoms with E-state index in [1.165, 1.54) is 15.4 Å². The maximum absolute atomic E-state index is 13.1. The largest absolute Gasteiger partial charge is 0.398 e. The molecule has 0 atom stereocenters. The quantitative estimate of drug-likeness (QED) is 0.862. The zero-order valence-corrected chi connectivity index (χ0v) is 13.8. The van der Waals surface area contributed by atoms with Gasteiger partial charge in [0.15, 0.2) is 0 Å². The number of hydrogen-bond donors (Lipinski definition) is 1. The van der Waals surface area contributed by atoms with Crippen molar-refractivity contribution in [3.8, 4) is 0 Å². The van der Waals surface area contributed by atoms with E-state index >= 15 is 0 Å². The zero-order valence-electron chi connectivity index (χ0n) is 13.0. The predicted molar refractivity (Wildman–Crippen MR) is 92.2 cm³/mol. The molecule has 4 rings (SSSR count). The van der Waals surface area contributed by atoms with Gasteiger partial charge in [0, 0.05) is 12.2 Å². The number of nitrogen functional groups attached to an aromatic ring is 1. The number of sulfonamides is 1. The summed E-state index contributed by atoms with van der Waals surface area (Å²) in [6.07, 6.45) is 4.77. The summed E-state index contributed by atoms with van der Waals surface area (Å²) in [6, 6.07) is 11.1. The number of benzene rings is 2. The molecule has 1 heterocycles. The van der Waals surface area contributed by atoms with E-state index in [0.717, 1.165) is 43.4 Å². The lowest BCUT2D eigenvalue weighted by Crippen LogP contribution is -2.35. The lowest BCUT2D eigenvalue weighted by Gasteiger charge is -2.31. The lowest BCUT2D eigenvalue weighted by molar-refractivity contribution is 0.586. The maximum atomic E-state index is 13.1. The molecule has 2 aliphatic rings. The molecule has 0 unspecified atom stereocenters. The Balaban J connectivity index is 1.80. The first-order valence-electron chi connectivity index (χ1n) is 8.09. The van der Waals surface area contributed by atoms with E-state index in [2.05, 4.69) is 0 Å². The Bertz CT molecular complexity index is 875. The molecule has 23 heavy (non-hydrogen) atoms. The van der Waals surface area contributed by atoms with Crippen LogP contribution < -0.4 is 10.0 Å². The maximum Gasteiger partial charge on any atom is 0.264 e. The molecule has 0 saturated heterocycles. The minimum atomic E-state index is -3.54. The van der Waals surface area contributed by atoms with Gasteiger partial charge in [-0.05, 0) is 73.1 Å². The van der Waals surface area contributed by atoms with Crippen molar-refractivity contribution in [3.63, 3.8) is 0 Å². The van der Waals surface area contributed by atoms with Gasteiger partial charge < -0.3 is 5.73 Å². The SMILES string of the molecule is Nc1cccc2c1CCCN2S(=O)(=O)c1ccc2c(c1)CCC2. The minimum Gasteiger partial charge on any atom is -0.398 e. The number of rotatable bonds is 2. The van der Waals surface area contributed by atoms with Crippen LogP contribution in [0.4, 0.5) is 11.4 Å². The Morgan fingerprint density at radius 3 is 2.65 bits per heavy atom. The number of nitrogens with zero attached hydrogens (tertiary/aromatic N) is 1. The molecule has 0 bridgehead atoms. The van der Waals surface area contributed by atoms with Crippen LogP contribution in [0.5, 0.6) is 0 Å². The van der Waals surface area contributed by atoms with Gasteiger partial charge in [-0.15, -0.1) is 0 Å². The molecule has 0 aromatic heterocycles. The Labute approximate surface area is 137 Å². The van der Waals surface area contributed by atoms with Gasteiger partial charge in [-0.1, -0.05) is 12.1 Å². The van der Waals surface area contributed by atoms with Crippen molar-refractivity contribution < 1.29 is 8.42 Å². The fourth-order valence-corrected chi connectivity index (χ4v) is 5.29. The fourth-order valence-electron chi connectivity index (χ4n) is 3.70. The molecule has 1 aliphatic carbocycles. The molecule has 2 aromatic carbocycles. The van der Waals surface area contributed by atoms with Crippen LogP contribution in [-0.2, 0) is 29.3 Å². The van der Waals surface area contributed by atoms with Crippen LogP contribution in [-0.4, -0.2) is 15.0 Å². The van der Waals surface area contributed by atoms with Gasteiger partial charge in [-0.2, -0.15) is 0 Å². The summed E-state index contributed by atoms with van der Waals surface area (Å²) in [7, 11) is -3.54. The van der Waals surface area contributed by atoms with Crippen LogP contribution in [0.25, 0.3) is 0 Å². The second-order valence-corrected chi connectivity index (χ2v) is 8.17. The molecule has 2 aromatic rings. The van der Waals surface area contributed by atoms with Crippen LogP contribution in [0.1, 0.15) is 29.5 Å². The highest BCUT2D eigenvalue weighted by Crippen LogP contribution is 2.35. The Hall–Kier alpha value is -2.01. The van der Waals surface area contributed by atoms with Gasteiger partial charge in [-0.25, -0.2) is 8.42 Å². The normalized spacial score (nSPS) is 17.0. The average Bonchev–Trinajstić information content (AvgIpc) is 3.02. The van der Waals surface area contributed by atoms with E-state index in [0.29, 0.717) is 17.1 Å². The van der Waals surface area contributed by atoms with Gasteiger partial charge in [0.2, 0.25) is 0 Å². The highest BCUT2D eigenvalue weighted by molar-refractivity contribution is 7.92. The van der Waals surface area contributed by atoms with Crippen molar-refractivity contribution in [1.82, 2.24) is 0 Å². The van der Waals surface area contributed by atoms with Crippen LogP contribution >= 0.6 is 0 Å². The first kappa shape index (κ1) is 14.6. The summed E-state index contributed by atoms with van der Waals surface area (Å²) in [5.74, 6) is 0. The van der Waals surface area contributed by atoms with Crippen molar-refractivity contribution in [1.29, 1.82) is 0 Å². The predicted octanol–water partition coefficient (Wildman–Crippen LogP) is 2.90. The molecule has 4 nitrogen and oxygen atoms in total. The standard InChI is InChI=1S/C18H20N2O2S/c19-17-7-2-8-18-16(17)6-3-11-20(18)23(21,22)15-10-9-13-4-1-5-14(13)12-15/h2,7-10,12H,1,3-6,11,19H2. The minimum absolute atomic E-state index is 0.397. The van der Waals surface area contributed by atoms with Crippen molar-refractivity contribution in [2.45, 2.75) is 37.0 Å². The number of hydrogen-bond acceptors (Lipinski definition) is 3.